The number of aliphatic hydroxyl groups excluding tert-OH is 1. The molecule has 0 saturated carbocycles. The van der Waals surface area contributed by atoms with Crippen molar-refractivity contribution in [3.63, 3.8) is 0 Å². The van der Waals surface area contributed by atoms with Gasteiger partial charge in [0.1, 0.15) is 12.6 Å². The maximum absolute atomic E-state index is 12.4. The summed E-state index contributed by atoms with van der Waals surface area (Å²) in [7, 11) is 0. The number of hydrogen-bond donors (Lipinski definition) is 1. The van der Waals surface area contributed by atoms with E-state index in [0.717, 1.165) is 17.7 Å². The smallest absolute Gasteiger partial charge is 0.417 e. The van der Waals surface area contributed by atoms with Crippen molar-refractivity contribution < 1.29 is 23.8 Å². The molecule has 1 aliphatic rings. The zero-order valence-corrected chi connectivity index (χ0v) is 18.3. The number of amides is 2. The number of hydrogen-bond acceptors (Lipinski definition) is 5. The molecule has 2 amide bonds. The molecular weight excluding hydrogens is 382 g/mol. The van der Waals surface area contributed by atoms with E-state index in [-0.39, 0.29) is 12.4 Å². The number of furan rings is 1. The van der Waals surface area contributed by atoms with Gasteiger partial charge >= 0.3 is 6.09 Å². The van der Waals surface area contributed by atoms with Gasteiger partial charge < -0.3 is 14.3 Å². The van der Waals surface area contributed by atoms with Crippen molar-refractivity contribution >= 4 is 12.0 Å². The number of ether oxygens (including phenoxy) is 1. The molecule has 0 unspecified atom stereocenters. The van der Waals surface area contributed by atoms with E-state index < -0.39 is 24.1 Å². The molecule has 0 spiro atoms. The minimum atomic E-state index is -0.955. The highest BCUT2D eigenvalue weighted by Gasteiger charge is 2.42. The summed E-state index contributed by atoms with van der Waals surface area (Å²) >= 11 is 0. The van der Waals surface area contributed by atoms with Crippen LogP contribution < -0.4 is 0 Å². The number of allylic oxidation sites excluding steroid dienone is 1. The lowest BCUT2D eigenvalue weighted by Crippen LogP contribution is -2.44. The third kappa shape index (κ3) is 7.98. The van der Waals surface area contributed by atoms with Gasteiger partial charge in [0, 0.05) is 0 Å². The molecule has 2 atom stereocenters. The van der Waals surface area contributed by atoms with Crippen LogP contribution in [0.1, 0.15) is 94.5 Å². The molecule has 0 aliphatic carbocycles. The Hall–Kier alpha value is -2.08. The summed E-state index contributed by atoms with van der Waals surface area (Å²) in [5.74, 6) is -0.540. The molecule has 30 heavy (non-hydrogen) atoms. The van der Waals surface area contributed by atoms with Crippen LogP contribution >= 0.6 is 0 Å². The molecule has 0 aromatic carbocycles. The van der Waals surface area contributed by atoms with Crippen molar-refractivity contribution in [1.82, 2.24) is 4.90 Å². The second kappa shape index (κ2) is 14.0. The highest BCUT2D eigenvalue weighted by molar-refractivity contribution is 6.02. The van der Waals surface area contributed by atoms with Gasteiger partial charge in [0.15, 0.2) is 5.76 Å². The monoisotopic (exact) mass is 419 g/mol. The molecule has 2 heterocycles. The van der Waals surface area contributed by atoms with Crippen LogP contribution in [-0.4, -0.2) is 40.8 Å². The van der Waals surface area contributed by atoms with Gasteiger partial charge in [-0.25, -0.2) is 9.69 Å². The Labute approximate surface area is 180 Å². The third-order valence-corrected chi connectivity index (χ3v) is 5.56. The number of nitrogens with zero attached hydrogens (tertiary/aromatic N) is 1. The second-order valence-electron chi connectivity index (χ2n) is 8.04. The molecular formula is C24H37NO5. The van der Waals surface area contributed by atoms with Crippen molar-refractivity contribution in [3.8, 4) is 0 Å². The largest absolute Gasteiger partial charge is 0.459 e. The van der Waals surface area contributed by atoms with E-state index in [1.807, 2.05) is 6.08 Å². The minimum absolute atomic E-state index is 0.0186. The molecule has 1 aromatic rings. The van der Waals surface area contributed by atoms with Crippen molar-refractivity contribution in [3.05, 3.63) is 36.3 Å². The summed E-state index contributed by atoms with van der Waals surface area (Å²) in [4.78, 5) is 25.3. The number of rotatable bonds is 15. The van der Waals surface area contributed by atoms with Gasteiger partial charge in [-0.2, -0.15) is 0 Å². The summed E-state index contributed by atoms with van der Waals surface area (Å²) < 4.78 is 10.0. The van der Waals surface area contributed by atoms with Gasteiger partial charge in [0.2, 0.25) is 0 Å². The van der Waals surface area contributed by atoms with E-state index in [1.54, 1.807) is 12.1 Å². The molecule has 6 heteroatoms. The average molecular weight is 420 g/mol. The standard InChI is InChI=1S/C24H37NO5/c1-2-3-4-5-6-7-8-9-10-11-12-13-14-16-21(26)20-19-30-24(28)25(20)23(27)22-17-15-18-29-22/h14-18,20-21,26H,2-13,19H2,1H3/b16-14+/t20-,21+/m0/s1. The Bertz CT molecular complexity index is 640. The second-order valence-corrected chi connectivity index (χ2v) is 8.04. The van der Waals surface area contributed by atoms with Gasteiger partial charge in [0.25, 0.3) is 5.91 Å². The quantitative estimate of drug-likeness (QED) is 0.284. The predicted molar refractivity (Wildman–Crippen MR) is 116 cm³/mol. The topological polar surface area (TPSA) is 80.0 Å². The zero-order chi connectivity index (χ0) is 21.6. The van der Waals surface area contributed by atoms with E-state index in [1.165, 1.54) is 76.5 Å². The first-order valence-electron chi connectivity index (χ1n) is 11.5. The normalized spacial score (nSPS) is 17.6. The molecule has 1 fully saturated rings. The summed E-state index contributed by atoms with van der Waals surface area (Å²) in [6, 6.07) is 2.33. The lowest BCUT2D eigenvalue weighted by atomic mass is 10.0. The maximum Gasteiger partial charge on any atom is 0.417 e. The van der Waals surface area contributed by atoms with Crippen LogP contribution in [-0.2, 0) is 4.74 Å². The van der Waals surface area contributed by atoms with Crippen LogP contribution in [0.15, 0.2) is 35.0 Å². The fourth-order valence-corrected chi connectivity index (χ4v) is 3.73. The third-order valence-electron chi connectivity index (χ3n) is 5.56. The van der Waals surface area contributed by atoms with Crippen molar-refractivity contribution in [2.75, 3.05) is 6.61 Å². The zero-order valence-electron chi connectivity index (χ0n) is 18.3. The van der Waals surface area contributed by atoms with Crippen LogP contribution in [0.3, 0.4) is 0 Å². The molecule has 2 rings (SSSR count). The molecule has 1 saturated heterocycles. The lowest BCUT2D eigenvalue weighted by molar-refractivity contribution is 0.0642. The van der Waals surface area contributed by atoms with Gasteiger partial charge in [0.05, 0.1) is 12.4 Å². The van der Waals surface area contributed by atoms with E-state index in [9.17, 15) is 14.7 Å². The maximum atomic E-state index is 12.4. The lowest BCUT2D eigenvalue weighted by Gasteiger charge is -2.21. The Morgan fingerprint density at radius 1 is 1.13 bits per heavy atom. The van der Waals surface area contributed by atoms with E-state index >= 15 is 0 Å². The number of cyclic esters (lactones) is 1. The Kier molecular flexibility index (Phi) is 11.3. The van der Waals surface area contributed by atoms with Gasteiger partial charge in [-0.15, -0.1) is 0 Å². The van der Waals surface area contributed by atoms with Crippen LogP contribution in [0.5, 0.6) is 0 Å². The Morgan fingerprint density at radius 2 is 1.77 bits per heavy atom. The average Bonchev–Trinajstić information content (AvgIpc) is 3.41. The Balaban J connectivity index is 1.58. The van der Waals surface area contributed by atoms with Gasteiger partial charge in [-0.3, -0.25) is 4.79 Å². The van der Waals surface area contributed by atoms with E-state index in [0.29, 0.717) is 0 Å². The molecule has 6 nitrogen and oxygen atoms in total. The van der Waals surface area contributed by atoms with Crippen molar-refractivity contribution in [2.24, 2.45) is 0 Å². The number of imide groups is 1. The Morgan fingerprint density at radius 3 is 2.37 bits per heavy atom. The first-order valence-corrected chi connectivity index (χ1v) is 11.5. The number of carbonyl (C=O) groups is 2. The predicted octanol–water partition coefficient (Wildman–Crippen LogP) is 5.86. The fraction of sp³-hybridized carbons (Fsp3) is 0.667. The summed E-state index contributed by atoms with van der Waals surface area (Å²) in [6.07, 6.45) is 18.4. The first kappa shape index (κ1) is 24.2. The summed E-state index contributed by atoms with van der Waals surface area (Å²) in [5.41, 5.74) is 0. The van der Waals surface area contributed by atoms with E-state index in [2.05, 4.69) is 6.92 Å². The van der Waals surface area contributed by atoms with Crippen LogP contribution in [0.25, 0.3) is 0 Å². The molecule has 0 radical (unpaired) electrons. The van der Waals surface area contributed by atoms with Crippen LogP contribution in [0.4, 0.5) is 4.79 Å². The van der Waals surface area contributed by atoms with Crippen LogP contribution in [0.2, 0.25) is 0 Å². The number of unbranched alkanes of at least 4 members (excludes halogenated alkanes) is 11. The van der Waals surface area contributed by atoms with Gasteiger partial charge in [-0.1, -0.05) is 83.3 Å². The highest BCUT2D eigenvalue weighted by Crippen LogP contribution is 2.20. The van der Waals surface area contributed by atoms with Gasteiger partial charge in [-0.05, 0) is 25.0 Å². The minimum Gasteiger partial charge on any atom is -0.459 e. The van der Waals surface area contributed by atoms with E-state index in [4.69, 9.17) is 9.15 Å². The molecule has 1 aliphatic heterocycles. The van der Waals surface area contributed by atoms with Crippen LogP contribution in [0, 0.1) is 0 Å². The first-order chi connectivity index (χ1) is 14.6. The van der Waals surface area contributed by atoms with Crippen molar-refractivity contribution in [2.45, 2.75) is 96.1 Å². The number of carbonyl (C=O) groups excluding carboxylic acids is 2. The number of aliphatic hydroxyl groups is 1. The highest BCUT2D eigenvalue weighted by atomic mass is 16.6. The fourth-order valence-electron chi connectivity index (χ4n) is 3.73. The summed E-state index contributed by atoms with van der Waals surface area (Å²) in [6.45, 7) is 2.23. The summed E-state index contributed by atoms with van der Waals surface area (Å²) in [5, 5.41) is 10.4. The van der Waals surface area contributed by atoms with Crippen molar-refractivity contribution in [1.29, 1.82) is 0 Å². The molecule has 1 N–H and O–H groups in total. The molecule has 1 aromatic heterocycles. The molecule has 0 bridgehead atoms. The molecule has 168 valence electrons. The SMILES string of the molecule is CCCCCCCCCCCCC/C=C/[C@@H](O)[C@@H]1COC(=O)N1C(=O)c1ccco1.